The van der Waals surface area contributed by atoms with E-state index in [1.807, 2.05) is 6.92 Å². The lowest BCUT2D eigenvalue weighted by Gasteiger charge is -2.08. The summed E-state index contributed by atoms with van der Waals surface area (Å²) in [5.41, 5.74) is 2.44. The van der Waals surface area contributed by atoms with E-state index < -0.39 is 0 Å². The van der Waals surface area contributed by atoms with Gasteiger partial charge in [-0.2, -0.15) is 4.98 Å². The molecule has 0 radical (unpaired) electrons. The van der Waals surface area contributed by atoms with Crippen LogP contribution in [0.5, 0.6) is 5.88 Å². The maximum absolute atomic E-state index is 8.65. The molecule has 0 fully saturated rings. The number of aliphatic hydroxyl groups excluding tert-OH is 1. The Kier molecular flexibility index (Phi) is 6.23. The Balaban J connectivity index is 2.67. The van der Waals surface area contributed by atoms with Crippen molar-refractivity contribution in [1.82, 2.24) is 9.97 Å². The van der Waals surface area contributed by atoms with E-state index in [4.69, 9.17) is 20.4 Å². The first-order valence-electron chi connectivity index (χ1n) is 5.46. The molecule has 0 saturated heterocycles. The molecular weight excluding hydrogens is 224 g/mol. The molecule has 0 bridgehead atoms. The average Bonchev–Trinajstić information content (AvgIpc) is 2.36. The van der Waals surface area contributed by atoms with E-state index in [9.17, 15) is 0 Å². The van der Waals surface area contributed by atoms with Gasteiger partial charge in [0.05, 0.1) is 6.61 Å². The third-order valence-corrected chi connectivity index (χ3v) is 1.88. The van der Waals surface area contributed by atoms with Crippen LogP contribution in [0, 0.1) is 0 Å². The van der Waals surface area contributed by atoms with Crippen molar-refractivity contribution in [3.63, 3.8) is 0 Å². The number of nitrogens with one attached hydrogen (secondary N) is 1. The number of nitrogens with two attached hydrogens (primary N) is 1. The SMILES string of the molecule is CCOCc1nc(NN)cc(OCCCO)n1. The van der Waals surface area contributed by atoms with Crippen molar-refractivity contribution < 1.29 is 14.6 Å². The summed E-state index contributed by atoms with van der Waals surface area (Å²) in [6, 6.07) is 1.59. The number of ether oxygens (including phenoxy) is 2. The van der Waals surface area contributed by atoms with Crippen LogP contribution in [0.1, 0.15) is 19.2 Å². The summed E-state index contributed by atoms with van der Waals surface area (Å²) in [6.45, 7) is 3.26. The predicted octanol–water partition coefficient (Wildman–Crippen LogP) is 0.0599. The van der Waals surface area contributed by atoms with Gasteiger partial charge in [-0.1, -0.05) is 0 Å². The van der Waals surface area contributed by atoms with Crippen LogP contribution in [-0.2, 0) is 11.3 Å². The zero-order valence-corrected chi connectivity index (χ0v) is 9.85. The Morgan fingerprint density at radius 1 is 1.47 bits per heavy atom. The summed E-state index contributed by atoms with van der Waals surface area (Å²) >= 11 is 0. The zero-order chi connectivity index (χ0) is 12.5. The molecule has 0 spiro atoms. The topological polar surface area (TPSA) is 103 Å². The molecule has 0 aliphatic carbocycles. The Morgan fingerprint density at radius 3 is 2.94 bits per heavy atom. The van der Waals surface area contributed by atoms with Gasteiger partial charge < -0.3 is 20.0 Å². The summed E-state index contributed by atoms with van der Waals surface area (Å²) in [6.07, 6.45) is 0.552. The van der Waals surface area contributed by atoms with Gasteiger partial charge in [0.1, 0.15) is 12.4 Å². The van der Waals surface area contributed by atoms with Crippen molar-refractivity contribution in [3.05, 3.63) is 11.9 Å². The predicted molar refractivity (Wildman–Crippen MR) is 62.4 cm³/mol. The molecule has 1 aromatic rings. The number of anilines is 1. The minimum absolute atomic E-state index is 0.0822. The highest BCUT2D eigenvalue weighted by Crippen LogP contribution is 2.13. The molecular formula is C10H18N4O3. The maximum Gasteiger partial charge on any atom is 0.218 e. The van der Waals surface area contributed by atoms with Crippen LogP contribution in [-0.4, -0.2) is 34.9 Å². The Morgan fingerprint density at radius 2 is 2.29 bits per heavy atom. The molecule has 4 N–H and O–H groups in total. The van der Waals surface area contributed by atoms with Crippen molar-refractivity contribution in [2.45, 2.75) is 20.0 Å². The minimum atomic E-state index is 0.0822. The fraction of sp³-hybridized carbons (Fsp3) is 0.600. The second kappa shape index (κ2) is 7.77. The van der Waals surface area contributed by atoms with E-state index in [0.29, 0.717) is 43.8 Å². The number of hydrogen-bond acceptors (Lipinski definition) is 7. The summed E-state index contributed by atoms with van der Waals surface area (Å²) in [4.78, 5) is 8.27. The number of rotatable bonds is 8. The molecule has 1 aromatic heterocycles. The molecule has 0 atom stereocenters. The van der Waals surface area contributed by atoms with Gasteiger partial charge in [-0.15, -0.1) is 0 Å². The molecule has 0 aromatic carbocycles. The van der Waals surface area contributed by atoms with E-state index in [-0.39, 0.29) is 6.61 Å². The lowest BCUT2D eigenvalue weighted by atomic mass is 10.5. The molecule has 96 valence electrons. The zero-order valence-electron chi connectivity index (χ0n) is 9.85. The fourth-order valence-corrected chi connectivity index (χ4v) is 1.12. The van der Waals surface area contributed by atoms with Crippen LogP contribution in [0.4, 0.5) is 5.82 Å². The van der Waals surface area contributed by atoms with Crippen molar-refractivity contribution in [2.24, 2.45) is 5.84 Å². The Hall–Kier alpha value is -1.44. The van der Waals surface area contributed by atoms with Gasteiger partial charge in [-0.05, 0) is 6.92 Å². The van der Waals surface area contributed by atoms with Crippen LogP contribution in [0.3, 0.4) is 0 Å². The van der Waals surface area contributed by atoms with Crippen LogP contribution in [0.25, 0.3) is 0 Å². The lowest BCUT2D eigenvalue weighted by molar-refractivity contribution is 0.127. The number of hydrogen-bond donors (Lipinski definition) is 3. The summed E-state index contributed by atoms with van der Waals surface area (Å²) < 4.78 is 10.6. The van der Waals surface area contributed by atoms with Gasteiger partial charge in [0.25, 0.3) is 0 Å². The van der Waals surface area contributed by atoms with Gasteiger partial charge in [0.15, 0.2) is 5.82 Å². The number of nitrogen functional groups attached to an aromatic ring is 1. The highest BCUT2D eigenvalue weighted by molar-refractivity contribution is 5.36. The molecule has 0 unspecified atom stereocenters. The number of aliphatic hydroxyl groups is 1. The van der Waals surface area contributed by atoms with Gasteiger partial charge in [0, 0.05) is 25.7 Å². The first-order valence-corrected chi connectivity index (χ1v) is 5.46. The molecule has 17 heavy (non-hydrogen) atoms. The second-order valence-electron chi connectivity index (χ2n) is 3.21. The summed E-state index contributed by atoms with van der Waals surface area (Å²) in [7, 11) is 0. The third kappa shape index (κ3) is 4.94. The van der Waals surface area contributed by atoms with E-state index in [0.717, 1.165) is 0 Å². The minimum Gasteiger partial charge on any atom is -0.477 e. The average molecular weight is 242 g/mol. The van der Waals surface area contributed by atoms with E-state index >= 15 is 0 Å². The molecule has 0 saturated carbocycles. The highest BCUT2D eigenvalue weighted by Gasteiger charge is 2.05. The molecule has 7 heteroatoms. The van der Waals surface area contributed by atoms with E-state index in [1.165, 1.54) is 0 Å². The largest absolute Gasteiger partial charge is 0.477 e. The first-order chi connectivity index (χ1) is 8.30. The van der Waals surface area contributed by atoms with Crippen LogP contribution in [0.2, 0.25) is 0 Å². The monoisotopic (exact) mass is 242 g/mol. The molecule has 1 rings (SSSR count). The first kappa shape index (κ1) is 13.6. The molecule has 0 aliphatic heterocycles. The van der Waals surface area contributed by atoms with Crippen molar-refractivity contribution >= 4 is 5.82 Å². The van der Waals surface area contributed by atoms with Crippen LogP contribution >= 0.6 is 0 Å². The third-order valence-electron chi connectivity index (χ3n) is 1.88. The number of nitrogens with zero attached hydrogens (tertiary/aromatic N) is 2. The van der Waals surface area contributed by atoms with E-state index in [2.05, 4.69) is 15.4 Å². The van der Waals surface area contributed by atoms with Gasteiger partial charge >= 0.3 is 0 Å². The second-order valence-corrected chi connectivity index (χ2v) is 3.21. The summed E-state index contributed by atoms with van der Waals surface area (Å²) in [5, 5.41) is 8.65. The van der Waals surface area contributed by atoms with E-state index in [1.54, 1.807) is 6.07 Å². The summed E-state index contributed by atoms with van der Waals surface area (Å²) in [5.74, 6) is 6.68. The van der Waals surface area contributed by atoms with Gasteiger partial charge in [0.2, 0.25) is 5.88 Å². The highest BCUT2D eigenvalue weighted by atomic mass is 16.5. The number of aromatic nitrogens is 2. The molecule has 0 amide bonds. The van der Waals surface area contributed by atoms with Gasteiger partial charge in [-0.3, -0.25) is 0 Å². The Labute approximate surface area is 99.9 Å². The van der Waals surface area contributed by atoms with Gasteiger partial charge in [-0.25, -0.2) is 10.8 Å². The number of hydrazine groups is 1. The Bertz CT molecular complexity index is 335. The smallest absolute Gasteiger partial charge is 0.218 e. The van der Waals surface area contributed by atoms with Crippen LogP contribution < -0.4 is 16.0 Å². The molecule has 1 heterocycles. The fourth-order valence-electron chi connectivity index (χ4n) is 1.12. The van der Waals surface area contributed by atoms with Crippen molar-refractivity contribution in [1.29, 1.82) is 0 Å². The molecule has 0 aliphatic rings. The molecule has 7 nitrogen and oxygen atoms in total. The quantitative estimate of drug-likeness (QED) is 0.336. The van der Waals surface area contributed by atoms with Crippen LogP contribution in [0.15, 0.2) is 6.07 Å². The maximum atomic E-state index is 8.65. The lowest BCUT2D eigenvalue weighted by Crippen LogP contribution is -2.12. The van der Waals surface area contributed by atoms with Crippen molar-refractivity contribution in [3.8, 4) is 5.88 Å². The standard InChI is InChI=1S/C10H18N4O3/c1-2-16-7-9-12-8(14-11)6-10(13-9)17-5-3-4-15/h6,15H,2-5,7,11H2,1H3,(H,12,13,14). The van der Waals surface area contributed by atoms with Crippen molar-refractivity contribution in [2.75, 3.05) is 25.2 Å². The normalized spacial score (nSPS) is 10.3.